The summed E-state index contributed by atoms with van der Waals surface area (Å²) < 4.78 is 6.35. The smallest absolute Gasteiger partial charge is 0.222 e. The third-order valence-electron chi connectivity index (χ3n) is 5.27. The molecular weight excluding hydrogens is 344 g/mol. The summed E-state index contributed by atoms with van der Waals surface area (Å²) in [6, 6.07) is 14.8. The third kappa shape index (κ3) is 4.26. The Bertz CT molecular complexity index is 955. The van der Waals surface area contributed by atoms with E-state index in [1.165, 1.54) is 22.3 Å². The number of nitrogens with zero attached hydrogens (tertiary/aromatic N) is 1. The average Bonchev–Trinajstić information content (AvgIpc) is 2.65. The van der Waals surface area contributed by atoms with Crippen molar-refractivity contribution < 1.29 is 4.74 Å². The van der Waals surface area contributed by atoms with Crippen LogP contribution in [0.1, 0.15) is 44.6 Å². The highest BCUT2D eigenvalue weighted by molar-refractivity contribution is 5.49. The van der Waals surface area contributed by atoms with E-state index in [0.29, 0.717) is 12.4 Å². The molecule has 0 bridgehead atoms. The Kier molecular flexibility index (Phi) is 6.15. The van der Waals surface area contributed by atoms with Gasteiger partial charge in [-0.2, -0.15) is 0 Å². The summed E-state index contributed by atoms with van der Waals surface area (Å²) in [7, 11) is 0. The van der Waals surface area contributed by atoms with Crippen molar-refractivity contribution in [3.8, 4) is 11.6 Å². The fourth-order valence-corrected chi connectivity index (χ4v) is 3.92. The van der Waals surface area contributed by atoms with E-state index in [2.05, 4.69) is 71.0 Å². The zero-order valence-electron chi connectivity index (χ0n) is 17.6. The molecule has 2 N–H and O–H groups in total. The summed E-state index contributed by atoms with van der Waals surface area (Å²) in [6.45, 7) is 11.0. The summed E-state index contributed by atoms with van der Waals surface area (Å²) in [5.74, 6) is 1.59. The molecule has 0 saturated carbocycles. The van der Waals surface area contributed by atoms with Gasteiger partial charge in [-0.15, -0.1) is 0 Å². The van der Waals surface area contributed by atoms with Gasteiger partial charge in [-0.1, -0.05) is 48.0 Å². The highest BCUT2D eigenvalue weighted by atomic mass is 16.5. The van der Waals surface area contributed by atoms with Gasteiger partial charge < -0.3 is 10.5 Å². The Balaban J connectivity index is 2.04. The van der Waals surface area contributed by atoms with Crippen molar-refractivity contribution >= 4 is 0 Å². The first-order valence-corrected chi connectivity index (χ1v) is 9.89. The van der Waals surface area contributed by atoms with E-state index in [1.54, 1.807) is 0 Å². The Morgan fingerprint density at radius 3 is 2.14 bits per heavy atom. The first-order chi connectivity index (χ1) is 13.4. The van der Waals surface area contributed by atoms with E-state index < -0.39 is 0 Å². The fraction of sp³-hybridized carbons (Fsp3) is 0.320. The number of rotatable bonds is 6. The lowest BCUT2D eigenvalue weighted by molar-refractivity contribution is 0.449. The van der Waals surface area contributed by atoms with Crippen LogP contribution in [0.5, 0.6) is 11.6 Å². The number of aryl methyl sites for hydroxylation is 4. The van der Waals surface area contributed by atoms with Gasteiger partial charge >= 0.3 is 0 Å². The van der Waals surface area contributed by atoms with E-state index in [4.69, 9.17) is 15.5 Å². The number of hydrogen-bond acceptors (Lipinski definition) is 3. The van der Waals surface area contributed by atoms with Crippen LogP contribution in [0.25, 0.3) is 0 Å². The number of aromatic nitrogens is 1. The van der Waals surface area contributed by atoms with Crippen molar-refractivity contribution in [3.63, 3.8) is 0 Å². The van der Waals surface area contributed by atoms with Crippen molar-refractivity contribution in [1.29, 1.82) is 0 Å². The van der Waals surface area contributed by atoms with Crippen LogP contribution in [0.15, 0.2) is 42.5 Å². The van der Waals surface area contributed by atoms with E-state index in [-0.39, 0.29) is 0 Å². The van der Waals surface area contributed by atoms with Gasteiger partial charge in [0.2, 0.25) is 5.88 Å². The molecule has 0 aliphatic heterocycles. The molecule has 0 atom stereocenters. The second-order valence-corrected chi connectivity index (χ2v) is 7.62. The van der Waals surface area contributed by atoms with Crippen molar-refractivity contribution in [1.82, 2.24) is 4.98 Å². The normalized spacial score (nSPS) is 10.9. The van der Waals surface area contributed by atoms with Crippen molar-refractivity contribution in [2.75, 3.05) is 6.54 Å². The van der Waals surface area contributed by atoms with E-state index in [9.17, 15) is 0 Å². The predicted molar refractivity (Wildman–Crippen MR) is 116 cm³/mol. The van der Waals surface area contributed by atoms with Crippen LogP contribution >= 0.6 is 0 Å². The molecule has 0 radical (unpaired) electrons. The Morgan fingerprint density at radius 1 is 0.893 bits per heavy atom. The minimum atomic E-state index is 0.605. The first kappa shape index (κ1) is 20.1. The summed E-state index contributed by atoms with van der Waals surface area (Å²) >= 11 is 0. The largest absolute Gasteiger partial charge is 0.438 e. The van der Waals surface area contributed by atoms with Gasteiger partial charge in [0.1, 0.15) is 5.75 Å². The number of nitrogens with two attached hydrogens (primary N) is 1. The highest BCUT2D eigenvalue weighted by Crippen LogP contribution is 2.34. The molecule has 3 heteroatoms. The van der Waals surface area contributed by atoms with Gasteiger partial charge in [-0.05, 0) is 81.8 Å². The van der Waals surface area contributed by atoms with E-state index >= 15 is 0 Å². The SMILES string of the molecule is Cc1cc(C)c(Oc2nc(C)c(Cc3ccccc3)c(CCN)c2C)c(C)c1. The maximum Gasteiger partial charge on any atom is 0.222 e. The van der Waals surface area contributed by atoms with Gasteiger partial charge in [0.15, 0.2) is 0 Å². The van der Waals surface area contributed by atoms with Gasteiger partial charge in [0, 0.05) is 11.3 Å². The van der Waals surface area contributed by atoms with Crippen molar-refractivity contribution in [2.24, 2.45) is 5.73 Å². The number of hydrogen-bond donors (Lipinski definition) is 1. The average molecular weight is 375 g/mol. The molecule has 0 unspecified atom stereocenters. The number of ether oxygens (including phenoxy) is 1. The lowest BCUT2D eigenvalue weighted by Gasteiger charge is -2.20. The zero-order valence-corrected chi connectivity index (χ0v) is 17.6. The standard InChI is InChI=1S/C25H30N2O/c1-16-13-17(2)24(18(3)14-16)28-25-19(4)22(11-12-26)23(20(5)27-25)15-21-9-7-6-8-10-21/h6-10,13-14H,11-12,15,26H2,1-5H3. The molecule has 0 amide bonds. The van der Waals surface area contributed by atoms with Gasteiger partial charge in [0.25, 0.3) is 0 Å². The second kappa shape index (κ2) is 8.57. The van der Waals surface area contributed by atoms with Gasteiger partial charge in [-0.3, -0.25) is 0 Å². The zero-order chi connectivity index (χ0) is 20.3. The summed E-state index contributed by atoms with van der Waals surface area (Å²) in [4.78, 5) is 4.85. The molecule has 146 valence electrons. The van der Waals surface area contributed by atoms with Crippen LogP contribution in [0.3, 0.4) is 0 Å². The predicted octanol–water partition coefficient (Wildman–Crippen LogP) is 5.51. The van der Waals surface area contributed by atoms with Crippen molar-refractivity contribution in [2.45, 2.75) is 47.5 Å². The third-order valence-corrected chi connectivity index (χ3v) is 5.27. The van der Waals surface area contributed by atoms with E-state index in [1.807, 2.05) is 6.07 Å². The van der Waals surface area contributed by atoms with Gasteiger partial charge in [-0.25, -0.2) is 4.98 Å². The molecule has 28 heavy (non-hydrogen) atoms. The first-order valence-electron chi connectivity index (χ1n) is 9.89. The minimum Gasteiger partial charge on any atom is -0.438 e. The molecule has 0 aliphatic rings. The van der Waals surface area contributed by atoms with Crippen LogP contribution in [0, 0.1) is 34.6 Å². The molecule has 1 aromatic heterocycles. The maximum absolute atomic E-state index is 6.35. The van der Waals surface area contributed by atoms with E-state index in [0.717, 1.165) is 41.0 Å². The van der Waals surface area contributed by atoms with Crippen LogP contribution in [0.4, 0.5) is 0 Å². The molecule has 0 aliphatic carbocycles. The van der Waals surface area contributed by atoms with Crippen molar-refractivity contribution in [3.05, 3.63) is 87.1 Å². The summed E-state index contributed by atoms with van der Waals surface area (Å²) in [5.41, 5.74) is 15.3. The Labute approximate surface area is 168 Å². The summed E-state index contributed by atoms with van der Waals surface area (Å²) in [6.07, 6.45) is 1.68. The second-order valence-electron chi connectivity index (χ2n) is 7.62. The molecule has 0 fully saturated rings. The molecule has 1 heterocycles. The molecule has 2 aromatic carbocycles. The summed E-state index contributed by atoms with van der Waals surface area (Å²) in [5, 5.41) is 0. The Morgan fingerprint density at radius 2 is 1.54 bits per heavy atom. The van der Waals surface area contributed by atoms with Crippen LogP contribution in [-0.4, -0.2) is 11.5 Å². The Hall–Kier alpha value is -2.65. The fourth-order valence-electron chi connectivity index (χ4n) is 3.92. The highest BCUT2D eigenvalue weighted by Gasteiger charge is 2.18. The van der Waals surface area contributed by atoms with Crippen LogP contribution in [-0.2, 0) is 12.8 Å². The molecule has 3 rings (SSSR count). The lowest BCUT2D eigenvalue weighted by atomic mass is 9.93. The maximum atomic E-state index is 6.35. The van der Waals surface area contributed by atoms with Crippen LogP contribution < -0.4 is 10.5 Å². The topological polar surface area (TPSA) is 48.1 Å². The monoisotopic (exact) mass is 374 g/mol. The quantitative estimate of drug-likeness (QED) is 0.619. The van der Waals surface area contributed by atoms with Crippen LogP contribution in [0.2, 0.25) is 0 Å². The number of pyridine rings is 1. The lowest BCUT2D eigenvalue weighted by Crippen LogP contribution is -2.11. The molecule has 3 nitrogen and oxygen atoms in total. The number of benzene rings is 2. The molecular formula is C25H30N2O. The molecule has 0 saturated heterocycles. The van der Waals surface area contributed by atoms with Gasteiger partial charge in [0.05, 0.1) is 0 Å². The molecule has 3 aromatic rings. The minimum absolute atomic E-state index is 0.605. The molecule has 0 spiro atoms.